The topological polar surface area (TPSA) is 136 Å². The van der Waals surface area contributed by atoms with Crippen molar-refractivity contribution in [3.05, 3.63) is 72.6 Å². The van der Waals surface area contributed by atoms with Gasteiger partial charge in [0, 0.05) is 17.4 Å². The third-order valence-electron chi connectivity index (χ3n) is 6.59. The predicted molar refractivity (Wildman–Crippen MR) is 157 cm³/mol. The van der Waals surface area contributed by atoms with Gasteiger partial charge in [-0.15, -0.1) is 5.10 Å². The average Bonchev–Trinajstić information content (AvgIpc) is 3.45. The van der Waals surface area contributed by atoms with Crippen LogP contribution in [0, 0.1) is 0 Å². The summed E-state index contributed by atoms with van der Waals surface area (Å²) in [6.45, 7) is 5.35. The quantitative estimate of drug-likeness (QED) is 0.233. The number of carbonyl (C=O) groups is 2. The molecule has 1 fully saturated rings. The van der Waals surface area contributed by atoms with E-state index in [1.807, 2.05) is 16.9 Å². The molecule has 11 nitrogen and oxygen atoms in total. The van der Waals surface area contributed by atoms with Gasteiger partial charge in [-0.05, 0) is 76.1 Å². The van der Waals surface area contributed by atoms with Crippen LogP contribution in [0.15, 0.2) is 67.0 Å². The standard InChI is InChI=1S/C30H34N8O3/c1-30(2,3)41-29(40)35-24-12-8-7-11-23(24)33-27(39)20-13-15-21(16-14-20)32-28-31-18-17-25(34-28)26-19-38(37-36-26)22-9-5-4-6-10-22/h7-8,11-19,22H,4-6,9-10H2,1-3H3,(H,33,39)(H,35,40)(H,31,32,34). The maximum Gasteiger partial charge on any atom is 0.412 e. The first-order chi connectivity index (χ1) is 19.7. The average molecular weight is 555 g/mol. The molecule has 1 aliphatic carbocycles. The molecule has 1 aliphatic rings. The second-order valence-corrected chi connectivity index (χ2v) is 11.0. The second-order valence-electron chi connectivity index (χ2n) is 11.0. The number of nitrogens with zero attached hydrogens (tertiary/aromatic N) is 5. The van der Waals surface area contributed by atoms with E-state index in [-0.39, 0.29) is 5.91 Å². The van der Waals surface area contributed by atoms with E-state index in [1.165, 1.54) is 19.3 Å². The number of amides is 2. The molecule has 3 N–H and O–H groups in total. The van der Waals surface area contributed by atoms with Gasteiger partial charge in [-0.25, -0.2) is 19.4 Å². The molecule has 2 heterocycles. The van der Waals surface area contributed by atoms with Crippen molar-refractivity contribution in [1.29, 1.82) is 0 Å². The van der Waals surface area contributed by atoms with Crippen LogP contribution >= 0.6 is 0 Å². The number of nitrogens with one attached hydrogen (secondary N) is 3. The summed E-state index contributed by atoms with van der Waals surface area (Å²) in [6.07, 6.45) is 9.01. The van der Waals surface area contributed by atoms with Crippen LogP contribution < -0.4 is 16.0 Å². The summed E-state index contributed by atoms with van der Waals surface area (Å²) in [5.41, 5.74) is 2.79. The minimum absolute atomic E-state index is 0.325. The Bertz CT molecular complexity index is 1500. The number of aromatic nitrogens is 5. The molecule has 5 rings (SSSR count). The number of para-hydroxylation sites is 2. The summed E-state index contributed by atoms with van der Waals surface area (Å²) in [6, 6.07) is 16.1. The molecule has 0 unspecified atom stereocenters. The summed E-state index contributed by atoms with van der Waals surface area (Å²) in [7, 11) is 0. The first-order valence-electron chi connectivity index (χ1n) is 13.8. The lowest BCUT2D eigenvalue weighted by atomic mass is 9.96. The normalized spacial score (nSPS) is 13.8. The maximum absolute atomic E-state index is 13.0. The highest BCUT2D eigenvalue weighted by molar-refractivity contribution is 6.07. The number of anilines is 4. The Morgan fingerprint density at radius 3 is 2.32 bits per heavy atom. The molecule has 0 radical (unpaired) electrons. The summed E-state index contributed by atoms with van der Waals surface area (Å²) in [5, 5.41) is 17.4. The third kappa shape index (κ3) is 7.44. The first kappa shape index (κ1) is 27.8. The van der Waals surface area contributed by atoms with Gasteiger partial charge in [-0.2, -0.15) is 0 Å². The first-order valence-corrected chi connectivity index (χ1v) is 13.8. The summed E-state index contributed by atoms with van der Waals surface area (Å²) < 4.78 is 7.28. The minimum atomic E-state index is -0.640. The van der Waals surface area contributed by atoms with Crippen LogP contribution in [0.5, 0.6) is 0 Å². The SMILES string of the molecule is CC(C)(C)OC(=O)Nc1ccccc1NC(=O)c1ccc(Nc2nccc(-c3cn(C4CCCCC4)nn3)n2)cc1. The number of hydrogen-bond donors (Lipinski definition) is 3. The molecular formula is C30H34N8O3. The highest BCUT2D eigenvalue weighted by atomic mass is 16.6. The molecule has 2 amide bonds. The Morgan fingerprint density at radius 2 is 1.61 bits per heavy atom. The van der Waals surface area contributed by atoms with Crippen LogP contribution in [0.3, 0.4) is 0 Å². The molecule has 212 valence electrons. The van der Waals surface area contributed by atoms with E-state index in [0.717, 1.165) is 18.5 Å². The van der Waals surface area contributed by atoms with Gasteiger partial charge < -0.3 is 15.4 Å². The van der Waals surface area contributed by atoms with Gasteiger partial charge in [-0.3, -0.25) is 10.1 Å². The Balaban J connectivity index is 1.22. The molecule has 1 saturated carbocycles. The zero-order valence-electron chi connectivity index (χ0n) is 23.4. The maximum atomic E-state index is 13.0. The van der Waals surface area contributed by atoms with Crippen molar-refractivity contribution < 1.29 is 14.3 Å². The van der Waals surface area contributed by atoms with Crippen molar-refractivity contribution >= 4 is 35.0 Å². The monoisotopic (exact) mass is 554 g/mol. The number of rotatable bonds is 7. The smallest absolute Gasteiger partial charge is 0.412 e. The van der Waals surface area contributed by atoms with Crippen LogP contribution in [0.25, 0.3) is 11.4 Å². The molecule has 2 aromatic carbocycles. The Hall–Kier alpha value is -4.80. The largest absolute Gasteiger partial charge is 0.444 e. The number of benzene rings is 2. The van der Waals surface area contributed by atoms with Gasteiger partial charge in [0.2, 0.25) is 5.95 Å². The summed E-state index contributed by atoms with van der Waals surface area (Å²) in [4.78, 5) is 34.1. The Labute approximate surface area is 238 Å². The van der Waals surface area contributed by atoms with Gasteiger partial charge >= 0.3 is 6.09 Å². The Morgan fingerprint density at radius 1 is 0.902 bits per heavy atom. The fraction of sp³-hybridized carbons (Fsp3) is 0.333. The van der Waals surface area contributed by atoms with Gasteiger partial charge in [0.1, 0.15) is 11.3 Å². The van der Waals surface area contributed by atoms with E-state index in [0.29, 0.717) is 40.3 Å². The zero-order chi connectivity index (χ0) is 28.8. The van der Waals surface area contributed by atoms with Crippen molar-refractivity contribution in [2.75, 3.05) is 16.0 Å². The van der Waals surface area contributed by atoms with E-state index in [9.17, 15) is 9.59 Å². The van der Waals surface area contributed by atoms with Crippen molar-refractivity contribution in [3.63, 3.8) is 0 Å². The number of hydrogen-bond acceptors (Lipinski definition) is 8. The van der Waals surface area contributed by atoms with E-state index in [2.05, 4.69) is 36.2 Å². The summed E-state index contributed by atoms with van der Waals surface area (Å²) >= 11 is 0. The van der Waals surface area contributed by atoms with Crippen LogP contribution in [0.1, 0.15) is 69.3 Å². The highest BCUT2D eigenvalue weighted by Gasteiger charge is 2.19. The second kappa shape index (κ2) is 12.2. The number of ether oxygens (including phenoxy) is 1. The number of carbonyl (C=O) groups excluding carboxylic acids is 2. The fourth-order valence-corrected chi connectivity index (χ4v) is 4.62. The predicted octanol–water partition coefficient (Wildman–Crippen LogP) is 6.58. The van der Waals surface area contributed by atoms with Gasteiger partial charge in [0.05, 0.1) is 29.3 Å². The highest BCUT2D eigenvalue weighted by Crippen LogP contribution is 2.28. The molecule has 4 aromatic rings. The fourth-order valence-electron chi connectivity index (χ4n) is 4.62. The molecule has 0 spiro atoms. The van der Waals surface area contributed by atoms with Gasteiger partial charge in [-0.1, -0.05) is 36.6 Å². The molecule has 0 saturated heterocycles. The van der Waals surface area contributed by atoms with Crippen LogP contribution in [0.4, 0.5) is 27.8 Å². The lowest BCUT2D eigenvalue weighted by Gasteiger charge is -2.20. The molecule has 11 heteroatoms. The van der Waals surface area contributed by atoms with Crippen LogP contribution in [0.2, 0.25) is 0 Å². The Kier molecular flexibility index (Phi) is 8.23. The van der Waals surface area contributed by atoms with Crippen LogP contribution in [-0.2, 0) is 4.74 Å². The van der Waals surface area contributed by atoms with E-state index in [4.69, 9.17) is 4.74 Å². The van der Waals surface area contributed by atoms with Gasteiger partial charge in [0.15, 0.2) is 0 Å². The molecule has 41 heavy (non-hydrogen) atoms. The van der Waals surface area contributed by atoms with Crippen LogP contribution in [-0.4, -0.2) is 42.6 Å². The van der Waals surface area contributed by atoms with Crippen molar-refractivity contribution in [3.8, 4) is 11.4 Å². The molecule has 0 bridgehead atoms. The molecular weight excluding hydrogens is 520 g/mol. The zero-order valence-corrected chi connectivity index (χ0v) is 23.4. The van der Waals surface area contributed by atoms with Crippen molar-refractivity contribution in [2.45, 2.75) is 64.5 Å². The third-order valence-corrected chi connectivity index (χ3v) is 6.59. The molecule has 0 aliphatic heterocycles. The van der Waals surface area contributed by atoms with Crippen molar-refractivity contribution in [2.24, 2.45) is 0 Å². The molecule has 0 atom stereocenters. The van der Waals surface area contributed by atoms with Crippen molar-refractivity contribution in [1.82, 2.24) is 25.0 Å². The lowest BCUT2D eigenvalue weighted by molar-refractivity contribution is 0.0635. The summed E-state index contributed by atoms with van der Waals surface area (Å²) in [5.74, 6) is 0.0864. The lowest BCUT2D eigenvalue weighted by Crippen LogP contribution is -2.27. The molecule has 2 aromatic heterocycles. The minimum Gasteiger partial charge on any atom is -0.444 e. The van der Waals surface area contributed by atoms with E-state index >= 15 is 0 Å². The van der Waals surface area contributed by atoms with E-state index in [1.54, 1.807) is 75.5 Å². The van der Waals surface area contributed by atoms with E-state index < -0.39 is 11.7 Å². The van der Waals surface area contributed by atoms with Gasteiger partial charge in [0.25, 0.3) is 5.91 Å².